The maximum absolute atomic E-state index is 10.4. The minimum atomic E-state index is -0.903. The Morgan fingerprint density at radius 1 is 1.04 bits per heavy atom. The summed E-state index contributed by atoms with van der Waals surface area (Å²) in [6.07, 6.45) is 5.13. The average molecular weight is 362 g/mol. The molecule has 3 N–H and O–H groups in total. The minimum absolute atomic E-state index is 0.315. The first-order valence-corrected chi connectivity index (χ1v) is 9.07. The summed E-state index contributed by atoms with van der Waals surface area (Å²) < 4.78 is 0. The zero-order chi connectivity index (χ0) is 19.8. The number of carbonyl (C=O) groups is 1. The normalized spacial score (nSPS) is 10.0. The van der Waals surface area contributed by atoms with E-state index in [1.54, 1.807) is 6.92 Å². The van der Waals surface area contributed by atoms with Crippen molar-refractivity contribution < 1.29 is 9.90 Å². The Balaban J connectivity index is 0.000000223. The highest BCUT2D eigenvalue weighted by atomic mass is 16.4. The van der Waals surface area contributed by atoms with Crippen molar-refractivity contribution in [1.29, 1.82) is 0 Å². The second-order valence-electron chi connectivity index (χ2n) is 6.32. The molecular formula is C23H26N2O2. The highest BCUT2D eigenvalue weighted by Crippen LogP contribution is 2.26. The number of nitrogens with two attached hydrogens (primary N) is 1. The van der Waals surface area contributed by atoms with E-state index in [1.165, 1.54) is 40.7 Å². The highest BCUT2D eigenvalue weighted by Gasteiger charge is 2.05. The van der Waals surface area contributed by atoms with Crippen molar-refractivity contribution in [3.8, 4) is 11.1 Å². The minimum Gasteiger partial charge on any atom is -0.478 e. The van der Waals surface area contributed by atoms with E-state index < -0.39 is 5.97 Å². The first kappa shape index (κ1) is 20.2. The third-order valence-electron chi connectivity index (χ3n) is 4.44. The quantitative estimate of drug-likeness (QED) is 0.629. The van der Waals surface area contributed by atoms with Crippen molar-refractivity contribution in [3.05, 3.63) is 83.2 Å². The Morgan fingerprint density at radius 3 is 2.26 bits per heavy atom. The van der Waals surface area contributed by atoms with Gasteiger partial charge in [0.2, 0.25) is 0 Å². The Bertz CT molecular complexity index is 903. The van der Waals surface area contributed by atoms with Gasteiger partial charge >= 0.3 is 5.97 Å². The number of nitrogen functional groups attached to an aromatic ring is 1. The number of anilines is 1. The molecule has 4 heteroatoms. The lowest BCUT2D eigenvalue weighted by atomic mass is 9.95. The Kier molecular flexibility index (Phi) is 7.12. The van der Waals surface area contributed by atoms with Crippen molar-refractivity contribution in [1.82, 2.24) is 4.98 Å². The number of hydrogen-bond donors (Lipinski definition) is 2. The molecule has 0 bridgehead atoms. The zero-order valence-corrected chi connectivity index (χ0v) is 16.1. The summed E-state index contributed by atoms with van der Waals surface area (Å²) in [6.45, 7) is 6.10. The van der Waals surface area contributed by atoms with Crippen LogP contribution >= 0.6 is 0 Å². The summed E-state index contributed by atoms with van der Waals surface area (Å²) in [5, 5.41) is 8.54. The number of hydrogen-bond acceptors (Lipinski definition) is 3. The fraction of sp³-hybridized carbons (Fsp3) is 0.217. The van der Waals surface area contributed by atoms with Crippen molar-refractivity contribution in [3.63, 3.8) is 0 Å². The molecule has 0 saturated carbocycles. The first-order valence-electron chi connectivity index (χ1n) is 9.07. The third kappa shape index (κ3) is 5.42. The molecule has 0 aliphatic rings. The van der Waals surface area contributed by atoms with Crippen LogP contribution in [0.5, 0.6) is 0 Å². The number of aryl methyl sites for hydroxylation is 3. The number of nitrogens with zero attached hydrogens (tertiary/aromatic N) is 1. The van der Waals surface area contributed by atoms with Crippen LogP contribution in [0, 0.1) is 6.92 Å². The van der Waals surface area contributed by atoms with Gasteiger partial charge in [-0.3, -0.25) is 4.98 Å². The standard InChI is InChI=1S/C16H19N.C7H7NO2/c1-3-12-5-6-13(4-2)16(11-12)14-7-9-15(17)10-8-14;1-5-4-8-3-2-6(5)7(9)10/h5-11H,3-4,17H2,1-2H3;2-4H,1H3,(H,9,10). The fourth-order valence-corrected chi connectivity index (χ4v) is 2.80. The van der Waals surface area contributed by atoms with Crippen LogP contribution in [0.2, 0.25) is 0 Å². The second kappa shape index (κ2) is 9.53. The van der Waals surface area contributed by atoms with Crippen molar-refractivity contribution in [2.45, 2.75) is 33.6 Å². The van der Waals surface area contributed by atoms with Crippen LogP contribution < -0.4 is 5.73 Å². The molecule has 3 rings (SSSR count). The number of carboxylic acids is 1. The van der Waals surface area contributed by atoms with Gasteiger partial charge < -0.3 is 10.8 Å². The molecule has 0 atom stereocenters. The Labute approximate surface area is 160 Å². The smallest absolute Gasteiger partial charge is 0.336 e. The molecule has 140 valence electrons. The zero-order valence-electron chi connectivity index (χ0n) is 16.1. The lowest BCUT2D eigenvalue weighted by Crippen LogP contribution is -1.98. The molecule has 4 nitrogen and oxygen atoms in total. The molecule has 0 saturated heterocycles. The van der Waals surface area contributed by atoms with E-state index in [9.17, 15) is 4.79 Å². The Hall–Kier alpha value is -3.14. The molecule has 0 fully saturated rings. The molecule has 1 heterocycles. The van der Waals surface area contributed by atoms with E-state index in [-0.39, 0.29) is 0 Å². The third-order valence-corrected chi connectivity index (χ3v) is 4.44. The molecule has 0 aliphatic carbocycles. The first-order chi connectivity index (χ1) is 13.0. The number of benzene rings is 2. The van der Waals surface area contributed by atoms with E-state index in [0.717, 1.165) is 18.5 Å². The predicted molar refractivity (Wildman–Crippen MR) is 111 cm³/mol. The van der Waals surface area contributed by atoms with Crippen LogP contribution in [0.25, 0.3) is 11.1 Å². The van der Waals surface area contributed by atoms with Crippen LogP contribution in [-0.4, -0.2) is 16.1 Å². The summed E-state index contributed by atoms with van der Waals surface area (Å²) in [4.78, 5) is 14.2. The summed E-state index contributed by atoms with van der Waals surface area (Å²) >= 11 is 0. The van der Waals surface area contributed by atoms with Gasteiger partial charge in [-0.1, -0.05) is 44.2 Å². The lowest BCUT2D eigenvalue weighted by Gasteiger charge is -2.10. The van der Waals surface area contributed by atoms with Gasteiger partial charge in [-0.2, -0.15) is 0 Å². The van der Waals surface area contributed by atoms with E-state index in [0.29, 0.717) is 11.1 Å². The molecule has 0 unspecified atom stereocenters. The van der Waals surface area contributed by atoms with Crippen LogP contribution in [0.1, 0.15) is 40.9 Å². The average Bonchev–Trinajstić information content (AvgIpc) is 2.68. The van der Waals surface area contributed by atoms with Crippen molar-refractivity contribution in [2.24, 2.45) is 0 Å². The number of pyridine rings is 1. The molecule has 0 radical (unpaired) electrons. The number of aromatic carboxylic acids is 1. The lowest BCUT2D eigenvalue weighted by molar-refractivity contribution is 0.0696. The van der Waals surface area contributed by atoms with E-state index in [2.05, 4.69) is 49.2 Å². The highest BCUT2D eigenvalue weighted by molar-refractivity contribution is 5.88. The van der Waals surface area contributed by atoms with Crippen molar-refractivity contribution >= 4 is 11.7 Å². The summed E-state index contributed by atoms with van der Waals surface area (Å²) in [5.74, 6) is -0.903. The fourth-order valence-electron chi connectivity index (χ4n) is 2.80. The van der Waals surface area contributed by atoms with Gasteiger partial charge in [0.05, 0.1) is 5.56 Å². The van der Waals surface area contributed by atoms with Gasteiger partial charge in [0.25, 0.3) is 0 Å². The maximum Gasteiger partial charge on any atom is 0.336 e. The van der Waals surface area contributed by atoms with Crippen LogP contribution in [0.15, 0.2) is 60.9 Å². The van der Waals surface area contributed by atoms with Gasteiger partial charge in [-0.05, 0) is 65.8 Å². The van der Waals surface area contributed by atoms with Gasteiger partial charge in [0.15, 0.2) is 0 Å². The molecule has 27 heavy (non-hydrogen) atoms. The van der Waals surface area contributed by atoms with Crippen LogP contribution in [0.3, 0.4) is 0 Å². The van der Waals surface area contributed by atoms with Crippen LogP contribution in [0.4, 0.5) is 5.69 Å². The monoisotopic (exact) mass is 362 g/mol. The van der Waals surface area contributed by atoms with Crippen LogP contribution in [-0.2, 0) is 12.8 Å². The molecule has 0 amide bonds. The molecule has 0 aliphatic heterocycles. The molecular weight excluding hydrogens is 336 g/mol. The van der Waals surface area contributed by atoms with Gasteiger partial charge in [0, 0.05) is 18.1 Å². The van der Waals surface area contributed by atoms with E-state index in [1.807, 2.05) is 12.1 Å². The van der Waals surface area contributed by atoms with Gasteiger partial charge in [0.1, 0.15) is 0 Å². The predicted octanol–water partition coefficient (Wildman–Crippen LogP) is 5.15. The molecule has 1 aromatic heterocycles. The van der Waals surface area contributed by atoms with E-state index >= 15 is 0 Å². The SMILES string of the molecule is CCc1ccc(CC)c(-c2ccc(N)cc2)c1.Cc1cnccc1C(=O)O. The van der Waals surface area contributed by atoms with E-state index in [4.69, 9.17) is 10.8 Å². The maximum atomic E-state index is 10.4. The molecule has 0 spiro atoms. The van der Waals surface area contributed by atoms with Crippen molar-refractivity contribution in [2.75, 3.05) is 5.73 Å². The second-order valence-corrected chi connectivity index (χ2v) is 6.32. The molecule has 3 aromatic rings. The topological polar surface area (TPSA) is 76.2 Å². The Morgan fingerprint density at radius 2 is 1.74 bits per heavy atom. The molecule has 2 aromatic carbocycles. The number of rotatable bonds is 4. The number of aromatic nitrogens is 1. The summed E-state index contributed by atoms with van der Waals surface area (Å²) in [6, 6.07) is 16.4. The number of carboxylic acid groups (broad SMARTS) is 1. The largest absolute Gasteiger partial charge is 0.478 e. The van der Waals surface area contributed by atoms with Gasteiger partial charge in [-0.25, -0.2) is 4.79 Å². The van der Waals surface area contributed by atoms with Gasteiger partial charge in [-0.15, -0.1) is 0 Å². The summed E-state index contributed by atoms with van der Waals surface area (Å²) in [7, 11) is 0. The summed E-state index contributed by atoms with van der Waals surface area (Å²) in [5.41, 5.74) is 12.9.